The molecule has 0 saturated heterocycles. The molecule has 1 unspecified atom stereocenters. The van der Waals surface area contributed by atoms with Gasteiger partial charge < -0.3 is 19.0 Å². The molecule has 1 amide bonds. The van der Waals surface area contributed by atoms with Crippen LogP contribution in [0.4, 0.5) is 0 Å². The zero-order valence-electron chi connectivity index (χ0n) is 17.2. The van der Waals surface area contributed by atoms with Crippen LogP contribution in [-0.2, 0) is 0 Å². The van der Waals surface area contributed by atoms with Crippen LogP contribution in [0.5, 0.6) is 5.75 Å². The highest BCUT2D eigenvalue weighted by Crippen LogP contribution is 2.38. The Morgan fingerprint density at radius 3 is 2.53 bits per heavy atom. The normalized spacial score (nSPS) is 15.8. The topological polar surface area (TPSA) is 64.2 Å². The molecule has 1 N–H and O–H groups in total. The van der Waals surface area contributed by atoms with Crippen LogP contribution in [0.1, 0.15) is 34.1 Å². The Hall–Kier alpha value is -2.83. The molecule has 0 saturated carbocycles. The van der Waals surface area contributed by atoms with Crippen LogP contribution >= 0.6 is 11.6 Å². The molecule has 30 heavy (non-hydrogen) atoms. The minimum absolute atomic E-state index is 0.118. The zero-order chi connectivity index (χ0) is 21.4. The van der Waals surface area contributed by atoms with E-state index in [1.54, 1.807) is 30.2 Å². The van der Waals surface area contributed by atoms with Crippen molar-refractivity contribution in [3.05, 3.63) is 74.6 Å². The number of nitrogens with one attached hydrogen (secondary N) is 1. The number of amides is 1. The van der Waals surface area contributed by atoms with Gasteiger partial charge in [0, 0.05) is 18.0 Å². The number of hydrogen-bond acceptors (Lipinski definition) is 4. The van der Waals surface area contributed by atoms with Crippen LogP contribution in [0.3, 0.4) is 0 Å². The first-order valence-electron chi connectivity index (χ1n) is 9.91. The summed E-state index contributed by atoms with van der Waals surface area (Å²) in [7, 11) is 5.75. The van der Waals surface area contributed by atoms with E-state index in [9.17, 15) is 9.59 Å². The molecule has 156 valence electrons. The Morgan fingerprint density at radius 2 is 1.87 bits per heavy atom. The molecule has 0 spiro atoms. The molecule has 1 atom stereocenters. The Balaban J connectivity index is 1.86. The maximum atomic E-state index is 13.4. The Kier molecular flexibility index (Phi) is 5.54. The number of carbonyl (C=O) groups excluding carboxylic acids is 1. The second kappa shape index (κ2) is 8.13. The largest absolute Gasteiger partial charge is 0.497 e. The van der Waals surface area contributed by atoms with Gasteiger partial charge in [-0.05, 0) is 35.9 Å². The van der Waals surface area contributed by atoms with E-state index in [1.807, 2.05) is 24.3 Å². The summed E-state index contributed by atoms with van der Waals surface area (Å²) >= 11 is 6.11. The van der Waals surface area contributed by atoms with E-state index in [1.165, 1.54) is 4.90 Å². The number of benzene rings is 2. The van der Waals surface area contributed by atoms with Crippen LogP contribution in [0.25, 0.3) is 11.0 Å². The van der Waals surface area contributed by atoms with Crippen molar-refractivity contribution in [3.8, 4) is 5.75 Å². The number of methoxy groups -OCH3 is 1. The summed E-state index contributed by atoms with van der Waals surface area (Å²) in [5, 5.41) is 0.832. The third kappa shape index (κ3) is 3.57. The van der Waals surface area contributed by atoms with E-state index in [0.29, 0.717) is 33.8 Å². The second-order valence-electron chi connectivity index (χ2n) is 7.80. The van der Waals surface area contributed by atoms with Crippen molar-refractivity contribution in [2.45, 2.75) is 12.5 Å². The first kappa shape index (κ1) is 20.4. The van der Waals surface area contributed by atoms with Gasteiger partial charge in [0.2, 0.25) is 5.76 Å². The standard InChI is InChI=1S/C23H23ClN2O4/c1-25(2)11-4-12-26-20(14-5-8-16(29-3)9-6-14)19-21(27)17-13-15(24)7-10-18(17)30-22(19)23(26)28/h5-10,13,20H,4,11-12H2,1-3H3/p+1. The molecule has 0 radical (unpaired) electrons. The van der Waals surface area contributed by atoms with Crippen molar-refractivity contribution >= 4 is 28.5 Å². The summed E-state index contributed by atoms with van der Waals surface area (Å²) in [6.07, 6.45) is 0.814. The molecule has 0 fully saturated rings. The van der Waals surface area contributed by atoms with Gasteiger partial charge in [0.1, 0.15) is 11.3 Å². The molecule has 4 rings (SSSR count). The fourth-order valence-electron chi connectivity index (χ4n) is 3.96. The van der Waals surface area contributed by atoms with Crippen LogP contribution in [-0.4, -0.2) is 45.1 Å². The lowest BCUT2D eigenvalue weighted by atomic mass is 9.98. The highest BCUT2D eigenvalue weighted by molar-refractivity contribution is 6.31. The van der Waals surface area contributed by atoms with Gasteiger partial charge in [0.25, 0.3) is 5.91 Å². The predicted molar refractivity (Wildman–Crippen MR) is 116 cm³/mol. The number of quaternary nitrogens is 1. The van der Waals surface area contributed by atoms with Gasteiger partial charge in [-0.25, -0.2) is 0 Å². The fourth-order valence-corrected chi connectivity index (χ4v) is 4.13. The summed E-state index contributed by atoms with van der Waals surface area (Å²) < 4.78 is 11.2. The number of fused-ring (bicyclic) bond motifs is 2. The second-order valence-corrected chi connectivity index (χ2v) is 8.24. The smallest absolute Gasteiger partial charge is 0.290 e. The van der Waals surface area contributed by atoms with E-state index in [0.717, 1.165) is 18.5 Å². The lowest BCUT2D eigenvalue weighted by Gasteiger charge is -2.25. The molecule has 6 nitrogen and oxygen atoms in total. The van der Waals surface area contributed by atoms with Crippen molar-refractivity contribution in [2.24, 2.45) is 0 Å². The number of rotatable bonds is 6. The highest BCUT2D eigenvalue weighted by Gasteiger charge is 2.42. The predicted octanol–water partition coefficient (Wildman–Crippen LogP) is 2.53. The van der Waals surface area contributed by atoms with E-state index >= 15 is 0 Å². The van der Waals surface area contributed by atoms with Gasteiger partial charge in [0.05, 0.1) is 44.7 Å². The lowest BCUT2D eigenvalue weighted by Crippen LogP contribution is -3.05. The minimum atomic E-state index is -0.504. The average Bonchev–Trinajstić information content (AvgIpc) is 3.01. The van der Waals surface area contributed by atoms with Crippen LogP contribution < -0.4 is 15.1 Å². The zero-order valence-corrected chi connectivity index (χ0v) is 18.0. The Labute approximate surface area is 179 Å². The van der Waals surface area contributed by atoms with Crippen LogP contribution in [0.15, 0.2) is 51.7 Å². The summed E-state index contributed by atoms with van der Waals surface area (Å²) in [5.41, 5.74) is 1.36. The third-order valence-corrected chi connectivity index (χ3v) is 5.67. The quantitative estimate of drug-likeness (QED) is 0.656. The molecule has 1 aliphatic rings. The molecule has 2 heterocycles. The SMILES string of the molecule is COc1ccc(C2c3c(oc4ccc(Cl)cc4c3=O)C(=O)N2CCC[NH+](C)C)cc1. The molecular weight excluding hydrogens is 404 g/mol. The van der Waals surface area contributed by atoms with Gasteiger partial charge in [-0.15, -0.1) is 0 Å². The molecule has 7 heteroatoms. The minimum Gasteiger partial charge on any atom is -0.497 e. The lowest BCUT2D eigenvalue weighted by molar-refractivity contribution is -0.858. The number of carbonyl (C=O) groups is 1. The maximum Gasteiger partial charge on any atom is 0.290 e. The van der Waals surface area contributed by atoms with E-state index in [4.69, 9.17) is 20.8 Å². The van der Waals surface area contributed by atoms with Gasteiger partial charge in [-0.3, -0.25) is 9.59 Å². The fraction of sp³-hybridized carbons (Fsp3) is 0.304. The summed E-state index contributed by atoms with van der Waals surface area (Å²) in [6, 6.07) is 11.8. The van der Waals surface area contributed by atoms with Crippen LogP contribution in [0.2, 0.25) is 5.02 Å². The summed E-state index contributed by atoms with van der Waals surface area (Å²) in [6.45, 7) is 1.44. The average molecular weight is 428 g/mol. The number of nitrogens with zero attached hydrogens (tertiary/aromatic N) is 1. The third-order valence-electron chi connectivity index (χ3n) is 5.44. The molecule has 1 aromatic heterocycles. The first-order chi connectivity index (χ1) is 14.4. The van der Waals surface area contributed by atoms with Crippen molar-refractivity contribution in [1.82, 2.24) is 4.90 Å². The van der Waals surface area contributed by atoms with Crippen molar-refractivity contribution in [1.29, 1.82) is 0 Å². The molecule has 3 aromatic rings. The van der Waals surface area contributed by atoms with E-state index in [2.05, 4.69) is 14.1 Å². The maximum absolute atomic E-state index is 13.4. The van der Waals surface area contributed by atoms with E-state index < -0.39 is 6.04 Å². The number of halogens is 1. The molecule has 1 aliphatic heterocycles. The molecule has 2 aromatic carbocycles. The summed E-state index contributed by atoms with van der Waals surface area (Å²) in [5.74, 6) is 0.574. The summed E-state index contributed by atoms with van der Waals surface area (Å²) in [4.78, 5) is 29.7. The van der Waals surface area contributed by atoms with Crippen molar-refractivity contribution in [2.75, 3.05) is 34.3 Å². The van der Waals surface area contributed by atoms with Gasteiger partial charge in [-0.2, -0.15) is 0 Å². The van der Waals surface area contributed by atoms with Gasteiger partial charge in [0.15, 0.2) is 5.43 Å². The van der Waals surface area contributed by atoms with Crippen LogP contribution in [0, 0.1) is 0 Å². The molecule has 0 bridgehead atoms. The number of hydrogen-bond donors (Lipinski definition) is 1. The van der Waals surface area contributed by atoms with Gasteiger partial charge >= 0.3 is 0 Å². The molecular formula is C23H24ClN2O4+. The van der Waals surface area contributed by atoms with Crippen molar-refractivity contribution < 1.29 is 18.8 Å². The first-order valence-corrected chi connectivity index (χ1v) is 10.3. The van der Waals surface area contributed by atoms with E-state index in [-0.39, 0.29) is 17.1 Å². The number of ether oxygens (including phenoxy) is 1. The van der Waals surface area contributed by atoms with Crippen molar-refractivity contribution in [3.63, 3.8) is 0 Å². The Bertz CT molecular complexity index is 1150. The Morgan fingerprint density at radius 1 is 1.13 bits per heavy atom. The highest BCUT2D eigenvalue weighted by atomic mass is 35.5. The van der Waals surface area contributed by atoms with Gasteiger partial charge in [-0.1, -0.05) is 23.7 Å². The monoisotopic (exact) mass is 427 g/mol. The molecule has 0 aliphatic carbocycles.